The number of carbonyl (C=O) groups is 1. The Hall–Kier alpha value is -2.90. The molecule has 0 unspecified atom stereocenters. The molecule has 21 heavy (non-hydrogen) atoms. The van der Waals surface area contributed by atoms with E-state index in [1.165, 1.54) is 24.4 Å². The van der Waals surface area contributed by atoms with E-state index < -0.39 is 10.8 Å². The van der Waals surface area contributed by atoms with Crippen molar-refractivity contribution in [3.63, 3.8) is 0 Å². The van der Waals surface area contributed by atoms with Crippen molar-refractivity contribution >= 4 is 17.3 Å². The number of nitrogens with zero attached hydrogens (tertiary/aromatic N) is 2. The first-order chi connectivity index (χ1) is 10.1. The number of nitro groups is 1. The molecular weight excluding hydrogens is 276 g/mol. The first-order valence-corrected chi connectivity index (χ1v) is 6.32. The fraction of sp³-hybridized carbons (Fsp3) is 0.231. The Morgan fingerprint density at radius 1 is 1.43 bits per heavy atom. The number of nitro benzene ring substituents is 1. The number of hydrogen-bond donors (Lipinski definition) is 2. The Labute approximate surface area is 120 Å². The maximum Gasteiger partial charge on any atom is 0.293 e. The van der Waals surface area contributed by atoms with Gasteiger partial charge in [-0.3, -0.25) is 14.9 Å². The quantitative estimate of drug-likeness (QED) is 0.621. The summed E-state index contributed by atoms with van der Waals surface area (Å²) in [5.41, 5.74) is 0.287. The van der Waals surface area contributed by atoms with E-state index in [4.69, 9.17) is 4.52 Å². The fourth-order valence-electron chi connectivity index (χ4n) is 1.84. The lowest BCUT2D eigenvalue weighted by molar-refractivity contribution is -0.384. The molecule has 0 aliphatic carbocycles. The van der Waals surface area contributed by atoms with Gasteiger partial charge in [-0.15, -0.1) is 0 Å². The largest absolute Gasteiger partial charge is 0.379 e. The maximum absolute atomic E-state index is 12.2. The molecule has 0 spiro atoms. The van der Waals surface area contributed by atoms with Crippen LogP contribution in [-0.4, -0.2) is 22.5 Å². The third kappa shape index (κ3) is 3.35. The van der Waals surface area contributed by atoms with Crippen molar-refractivity contribution in [2.45, 2.75) is 13.5 Å². The van der Waals surface area contributed by atoms with Crippen molar-refractivity contribution < 1.29 is 14.2 Å². The van der Waals surface area contributed by atoms with Crippen molar-refractivity contribution in [1.29, 1.82) is 0 Å². The van der Waals surface area contributed by atoms with Crippen LogP contribution in [0.4, 0.5) is 11.4 Å². The highest BCUT2D eigenvalue weighted by Crippen LogP contribution is 2.28. The van der Waals surface area contributed by atoms with E-state index in [2.05, 4.69) is 15.8 Å². The van der Waals surface area contributed by atoms with Crippen LogP contribution >= 0.6 is 0 Å². The van der Waals surface area contributed by atoms with Gasteiger partial charge in [0.05, 0.1) is 23.2 Å². The van der Waals surface area contributed by atoms with Crippen molar-refractivity contribution in [3.8, 4) is 0 Å². The van der Waals surface area contributed by atoms with Crippen LogP contribution in [-0.2, 0) is 6.54 Å². The molecule has 2 aromatic rings. The average molecular weight is 290 g/mol. The zero-order valence-electron chi connectivity index (χ0n) is 11.3. The Morgan fingerprint density at radius 2 is 2.24 bits per heavy atom. The Morgan fingerprint density at radius 3 is 2.86 bits per heavy atom. The first kappa shape index (κ1) is 14.5. The zero-order valence-corrected chi connectivity index (χ0v) is 11.3. The predicted octanol–water partition coefficient (Wildman–Crippen LogP) is 1.94. The highest BCUT2D eigenvalue weighted by molar-refractivity contribution is 6.01. The van der Waals surface area contributed by atoms with Crippen LogP contribution in [0.5, 0.6) is 0 Å². The monoisotopic (exact) mass is 290 g/mol. The normalized spacial score (nSPS) is 10.1. The van der Waals surface area contributed by atoms with Gasteiger partial charge in [0.25, 0.3) is 11.6 Å². The molecule has 1 heterocycles. The molecule has 8 heteroatoms. The van der Waals surface area contributed by atoms with Gasteiger partial charge in [0.15, 0.2) is 5.76 Å². The Bertz CT molecular complexity index is 640. The minimum absolute atomic E-state index is 0.135. The van der Waals surface area contributed by atoms with Crippen LogP contribution in [0.25, 0.3) is 0 Å². The number of para-hydroxylation sites is 1. The lowest BCUT2D eigenvalue weighted by Gasteiger charge is -2.10. The van der Waals surface area contributed by atoms with E-state index in [-0.39, 0.29) is 23.5 Å². The second kappa shape index (κ2) is 6.51. The second-order valence-electron chi connectivity index (χ2n) is 4.15. The van der Waals surface area contributed by atoms with Crippen LogP contribution in [0.1, 0.15) is 23.0 Å². The van der Waals surface area contributed by atoms with E-state index in [1.807, 2.05) is 0 Å². The van der Waals surface area contributed by atoms with Crippen LogP contribution in [0.3, 0.4) is 0 Å². The number of benzene rings is 1. The van der Waals surface area contributed by atoms with E-state index in [9.17, 15) is 14.9 Å². The summed E-state index contributed by atoms with van der Waals surface area (Å²) >= 11 is 0. The van der Waals surface area contributed by atoms with Gasteiger partial charge < -0.3 is 15.2 Å². The van der Waals surface area contributed by atoms with Gasteiger partial charge in [0, 0.05) is 18.7 Å². The lowest BCUT2D eigenvalue weighted by Crippen LogP contribution is -2.24. The van der Waals surface area contributed by atoms with Crippen molar-refractivity contribution in [3.05, 3.63) is 51.9 Å². The molecule has 0 saturated carbocycles. The highest BCUT2D eigenvalue weighted by atomic mass is 16.6. The fourth-order valence-corrected chi connectivity index (χ4v) is 1.84. The predicted molar refractivity (Wildman–Crippen MR) is 74.9 cm³/mol. The summed E-state index contributed by atoms with van der Waals surface area (Å²) < 4.78 is 4.87. The summed E-state index contributed by atoms with van der Waals surface area (Å²) in [4.78, 5) is 22.7. The van der Waals surface area contributed by atoms with Crippen LogP contribution in [0.2, 0.25) is 0 Å². The molecule has 8 nitrogen and oxygen atoms in total. The topological polar surface area (TPSA) is 110 Å². The van der Waals surface area contributed by atoms with E-state index in [0.29, 0.717) is 12.3 Å². The zero-order chi connectivity index (χ0) is 15.2. The average Bonchev–Trinajstić information content (AvgIpc) is 2.98. The SMILES string of the molecule is CCNc1c(C(=O)NCc2ccno2)cccc1[N+](=O)[O-]. The van der Waals surface area contributed by atoms with Crippen molar-refractivity contribution in [2.75, 3.05) is 11.9 Å². The standard InChI is InChI=1S/C13H14N4O4/c1-2-14-12-10(4-3-5-11(12)17(19)20)13(18)15-8-9-6-7-16-21-9/h3-7,14H,2,8H2,1H3,(H,15,18). The minimum atomic E-state index is -0.523. The summed E-state index contributed by atoms with van der Waals surface area (Å²) in [6, 6.07) is 5.98. The molecule has 0 radical (unpaired) electrons. The summed E-state index contributed by atoms with van der Waals surface area (Å²) in [5, 5.41) is 20.0. The van der Waals surface area contributed by atoms with Crippen molar-refractivity contribution in [2.24, 2.45) is 0 Å². The van der Waals surface area contributed by atoms with Gasteiger partial charge in [-0.05, 0) is 13.0 Å². The van der Waals surface area contributed by atoms with Crippen LogP contribution in [0, 0.1) is 10.1 Å². The number of rotatable bonds is 6. The molecule has 0 aliphatic heterocycles. The maximum atomic E-state index is 12.2. The third-order valence-corrected chi connectivity index (χ3v) is 2.75. The second-order valence-corrected chi connectivity index (χ2v) is 4.15. The Kier molecular flexibility index (Phi) is 4.50. The van der Waals surface area contributed by atoms with Crippen LogP contribution < -0.4 is 10.6 Å². The summed E-state index contributed by atoms with van der Waals surface area (Å²) in [6.07, 6.45) is 1.47. The number of nitrogens with one attached hydrogen (secondary N) is 2. The summed E-state index contributed by atoms with van der Waals surface area (Å²) in [7, 11) is 0. The van der Waals surface area contributed by atoms with E-state index in [1.54, 1.807) is 13.0 Å². The molecule has 2 rings (SSSR count). The number of hydrogen-bond acceptors (Lipinski definition) is 6. The van der Waals surface area contributed by atoms with Crippen LogP contribution in [0.15, 0.2) is 35.0 Å². The molecule has 0 atom stereocenters. The van der Waals surface area contributed by atoms with Gasteiger partial charge in [0.2, 0.25) is 0 Å². The number of amides is 1. The molecule has 0 aliphatic rings. The number of aromatic nitrogens is 1. The van der Waals surface area contributed by atoms with Gasteiger partial charge in [-0.1, -0.05) is 11.2 Å². The molecule has 0 bridgehead atoms. The summed E-state index contributed by atoms with van der Waals surface area (Å²) in [6.45, 7) is 2.42. The van der Waals surface area contributed by atoms with Gasteiger partial charge in [-0.2, -0.15) is 0 Å². The van der Waals surface area contributed by atoms with Gasteiger partial charge in [0.1, 0.15) is 5.69 Å². The number of anilines is 1. The smallest absolute Gasteiger partial charge is 0.293 e. The first-order valence-electron chi connectivity index (χ1n) is 6.32. The Balaban J connectivity index is 2.23. The molecule has 1 aromatic carbocycles. The molecule has 1 aromatic heterocycles. The van der Waals surface area contributed by atoms with E-state index in [0.717, 1.165) is 0 Å². The molecule has 0 saturated heterocycles. The summed E-state index contributed by atoms with van der Waals surface area (Å²) in [5.74, 6) is 0.0739. The molecule has 1 amide bonds. The molecule has 0 fully saturated rings. The van der Waals surface area contributed by atoms with Gasteiger partial charge in [-0.25, -0.2) is 0 Å². The number of carbonyl (C=O) groups excluding carboxylic acids is 1. The third-order valence-electron chi connectivity index (χ3n) is 2.75. The lowest BCUT2D eigenvalue weighted by atomic mass is 10.1. The molecular formula is C13H14N4O4. The highest BCUT2D eigenvalue weighted by Gasteiger charge is 2.21. The minimum Gasteiger partial charge on any atom is -0.379 e. The van der Waals surface area contributed by atoms with Gasteiger partial charge >= 0.3 is 0 Å². The molecule has 110 valence electrons. The molecule has 2 N–H and O–H groups in total. The van der Waals surface area contributed by atoms with Crippen molar-refractivity contribution in [1.82, 2.24) is 10.5 Å². The van der Waals surface area contributed by atoms with E-state index >= 15 is 0 Å².